The van der Waals surface area contributed by atoms with Gasteiger partial charge in [0.05, 0.1) is 12.0 Å². The van der Waals surface area contributed by atoms with Gasteiger partial charge in [-0.15, -0.1) is 0 Å². The minimum atomic E-state index is 0.00746. The highest BCUT2D eigenvalue weighted by molar-refractivity contribution is 5.86. The number of hydrogen-bond acceptors (Lipinski definition) is 3. The van der Waals surface area contributed by atoms with Crippen LogP contribution in [0.1, 0.15) is 24.3 Å². The summed E-state index contributed by atoms with van der Waals surface area (Å²) in [6, 6.07) is 8.13. The first-order valence-corrected chi connectivity index (χ1v) is 6.94. The summed E-state index contributed by atoms with van der Waals surface area (Å²) in [4.78, 5) is 14.6. The summed E-state index contributed by atoms with van der Waals surface area (Å²) in [5.41, 5.74) is 2.24. The van der Waals surface area contributed by atoms with Gasteiger partial charge in [0, 0.05) is 32.4 Å². The second-order valence-corrected chi connectivity index (χ2v) is 5.29. The molecule has 4 nitrogen and oxygen atoms in total. The number of hydrogen-bond donors (Lipinski definition) is 1. The van der Waals surface area contributed by atoms with Crippen LogP contribution in [0.5, 0.6) is 0 Å². The van der Waals surface area contributed by atoms with E-state index in [1.54, 1.807) is 7.11 Å². The third-order valence-electron chi connectivity index (χ3n) is 4.17. The lowest BCUT2D eigenvalue weighted by Gasteiger charge is -2.29. The van der Waals surface area contributed by atoms with E-state index < -0.39 is 0 Å². The number of methoxy groups -OCH3 is 1. The molecule has 102 valence electrons. The second kappa shape index (κ2) is 5.21. The Labute approximate surface area is 113 Å². The molecule has 0 spiro atoms. The average molecular weight is 260 g/mol. The Morgan fingerprint density at radius 2 is 2.21 bits per heavy atom. The quantitative estimate of drug-likeness (QED) is 0.882. The second-order valence-electron chi connectivity index (χ2n) is 5.29. The van der Waals surface area contributed by atoms with E-state index in [-0.39, 0.29) is 17.9 Å². The Balaban J connectivity index is 1.78. The highest BCUT2D eigenvalue weighted by Crippen LogP contribution is 2.33. The zero-order valence-corrected chi connectivity index (χ0v) is 11.3. The molecule has 2 heterocycles. The van der Waals surface area contributed by atoms with Crippen LogP contribution < -0.4 is 5.32 Å². The van der Waals surface area contributed by atoms with E-state index in [0.717, 1.165) is 43.7 Å². The zero-order chi connectivity index (χ0) is 13.2. The van der Waals surface area contributed by atoms with Crippen molar-refractivity contribution in [2.75, 3.05) is 32.1 Å². The van der Waals surface area contributed by atoms with Gasteiger partial charge in [-0.25, -0.2) is 0 Å². The molecule has 0 saturated carbocycles. The first kappa shape index (κ1) is 12.5. The number of likely N-dealkylation sites (tertiary alicyclic amines) is 1. The number of nitrogens with one attached hydrogen (secondary N) is 1. The number of rotatable bonds is 2. The Hall–Kier alpha value is -1.55. The van der Waals surface area contributed by atoms with Gasteiger partial charge >= 0.3 is 0 Å². The van der Waals surface area contributed by atoms with Gasteiger partial charge in [-0.2, -0.15) is 0 Å². The SMILES string of the molecule is COC1CCN(C(=O)C2CCNc3ccccc32)C1. The van der Waals surface area contributed by atoms with Crippen LogP contribution in [-0.4, -0.2) is 43.7 Å². The standard InChI is InChI=1S/C15H20N2O2/c1-19-11-7-9-17(10-11)15(18)13-6-8-16-14-5-3-2-4-12(13)14/h2-5,11,13,16H,6-10H2,1H3. The first-order chi connectivity index (χ1) is 9.29. The van der Waals surface area contributed by atoms with Gasteiger partial charge in [0.2, 0.25) is 5.91 Å². The Morgan fingerprint density at radius 1 is 1.37 bits per heavy atom. The van der Waals surface area contributed by atoms with Crippen molar-refractivity contribution in [3.05, 3.63) is 29.8 Å². The summed E-state index contributed by atoms with van der Waals surface area (Å²) in [6.45, 7) is 2.43. The molecule has 1 amide bonds. The van der Waals surface area contributed by atoms with Crippen LogP contribution in [0.15, 0.2) is 24.3 Å². The number of ether oxygens (including phenoxy) is 1. The molecule has 1 saturated heterocycles. The molecule has 0 radical (unpaired) electrons. The Kier molecular flexibility index (Phi) is 3.42. The van der Waals surface area contributed by atoms with Crippen LogP contribution in [0, 0.1) is 0 Å². The molecule has 1 aromatic rings. The normalized spacial score (nSPS) is 25.8. The summed E-state index contributed by atoms with van der Waals surface area (Å²) >= 11 is 0. The molecular weight excluding hydrogens is 240 g/mol. The summed E-state index contributed by atoms with van der Waals surface area (Å²) in [7, 11) is 1.72. The van der Waals surface area contributed by atoms with Crippen LogP contribution in [0.25, 0.3) is 0 Å². The number of benzene rings is 1. The van der Waals surface area contributed by atoms with E-state index in [1.165, 1.54) is 0 Å². The summed E-state index contributed by atoms with van der Waals surface area (Å²) < 4.78 is 5.34. The van der Waals surface area contributed by atoms with E-state index in [0.29, 0.717) is 0 Å². The molecule has 0 bridgehead atoms. The minimum Gasteiger partial charge on any atom is -0.385 e. The third kappa shape index (κ3) is 2.32. The highest BCUT2D eigenvalue weighted by Gasteiger charge is 2.33. The van der Waals surface area contributed by atoms with Crippen LogP contribution in [-0.2, 0) is 9.53 Å². The predicted octanol–water partition coefficient (Wildman–Crippen LogP) is 1.83. The Bertz CT molecular complexity index is 475. The van der Waals surface area contributed by atoms with E-state index in [4.69, 9.17) is 4.74 Å². The van der Waals surface area contributed by atoms with Crippen molar-refractivity contribution in [1.82, 2.24) is 4.90 Å². The number of nitrogens with zero attached hydrogens (tertiary/aromatic N) is 1. The fourth-order valence-corrected chi connectivity index (χ4v) is 3.07. The van der Waals surface area contributed by atoms with Gasteiger partial charge in [-0.3, -0.25) is 4.79 Å². The molecule has 2 atom stereocenters. The molecule has 4 heteroatoms. The van der Waals surface area contributed by atoms with Crippen LogP contribution in [0.3, 0.4) is 0 Å². The Morgan fingerprint density at radius 3 is 3.00 bits per heavy atom. The molecule has 2 unspecified atom stereocenters. The average Bonchev–Trinajstić information content (AvgIpc) is 2.95. The van der Waals surface area contributed by atoms with Gasteiger partial charge in [0.15, 0.2) is 0 Å². The number of fused-ring (bicyclic) bond motifs is 1. The van der Waals surface area contributed by atoms with E-state index in [9.17, 15) is 4.79 Å². The lowest BCUT2D eigenvalue weighted by molar-refractivity contribution is -0.132. The topological polar surface area (TPSA) is 41.6 Å². The van der Waals surface area contributed by atoms with Gasteiger partial charge < -0.3 is 15.0 Å². The van der Waals surface area contributed by atoms with Crippen LogP contribution >= 0.6 is 0 Å². The predicted molar refractivity (Wildman–Crippen MR) is 74.3 cm³/mol. The van der Waals surface area contributed by atoms with Gasteiger partial charge in [-0.05, 0) is 24.5 Å². The maximum absolute atomic E-state index is 12.7. The summed E-state index contributed by atoms with van der Waals surface area (Å²) in [6.07, 6.45) is 2.04. The van der Waals surface area contributed by atoms with Crippen molar-refractivity contribution < 1.29 is 9.53 Å². The number of carbonyl (C=O) groups is 1. The molecule has 0 aliphatic carbocycles. The number of amides is 1. The summed E-state index contributed by atoms with van der Waals surface area (Å²) in [5.74, 6) is 0.265. The maximum atomic E-state index is 12.7. The van der Waals surface area contributed by atoms with Crippen molar-refractivity contribution in [3.63, 3.8) is 0 Å². The molecule has 3 rings (SSSR count). The maximum Gasteiger partial charge on any atom is 0.230 e. The van der Waals surface area contributed by atoms with Crippen molar-refractivity contribution in [3.8, 4) is 0 Å². The molecule has 2 aliphatic rings. The third-order valence-corrected chi connectivity index (χ3v) is 4.17. The van der Waals surface area contributed by atoms with E-state index >= 15 is 0 Å². The highest BCUT2D eigenvalue weighted by atomic mass is 16.5. The molecule has 1 fully saturated rings. The van der Waals surface area contributed by atoms with Crippen molar-refractivity contribution in [2.45, 2.75) is 24.9 Å². The largest absolute Gasteiger partial charge is 0.385 e. The number of carbonyl (C=O) groups excluding carboxylic acids is 1. The van der Waals surface area contributed by atoms with Crippen molar-refractivity contribution >= 4 is 11.6 Å². The lowest BCUT2D eigenvalue weighted by atomic mass is 9.90. The van der Waals surface area contributed by atoms with Gasteiger partial charge in [0.1, 0.15) is 0 Å². The fourth-order valence-electron chi connectivity index (χ4n) is 3.07. The van der Waals surface area contributed by atoms with Crippen molar-refractivity contribution in [2.24, 2.45) is 0 Å². The monoisotopic (exact) mass is 260 g/mol. The molecule has 1 aromatic carbocycles. The lowest BCUT2D eigenvalue weighted by Crippen LogP contribution is -2.36. The molecule has 19 heavy (non-hydrogen) atoms. The summed E-state index contributed by atoms with van der Waals surface area (Å²) in [5, 5.41) is 3.36. The number of para-hydroxylation sites is 1. The minimum absolute atomic E-state index is 0.00746. The van der Waals surface area contributed by atoms with Gasteiger partial charge in [-0.1, -0.05) is 18.2 Å². The van der Waals surface area contributed by atoms with Gasteiger partial charge in [0.25, 0.3) is 0 Å². The fraction of sp³-hybridized carbons (Fsp3) is 0.533. The molecule has 2 aliphatic heterocycles. The molecular formula is C15H20N2O2. The number of anilines is 1. The zero-order valence-electron chi connectivity index (χ0n) is 11.3. The van der Waals surface area contributed by atoms with Crippen LogP contribution in [0.2, 0.25) is 0 Å². The molecule has 0 aromatic heterocycles. The van der Waals surface area contributed by atoms with E-state index in [1.807, 2.05) is 17.0 Å². The van der Waals surface area contributed by atoms with Crippen molar-refractivity contribution in [1.29, 1.82) is 0 Å². The molecule has 1 N–H and O–H groups in total. The first-order valence-electron chi connectivity index (χ1n) is 6.94. The van der Waals surface area contributed by atoms with E-state index in [2.05, 4.69) is 17.4 Å². The smallest absolute Gasteiger partial charge is 0.230 e. The van der Waals surface area contributed by atoms with Crippen LogP contribution in [0.4, 0.5) is 5.69 Å².